The van der Waals surface area contributed by atoms with Crippen molar-refractivity contribution in [3.8, 4) is 0 Å². The largest absolute Gasteiger partial charge is 0.394 e. The van der Waals surface area contributed by atoms with Crippen molar-refractivity contribution in [2.75, 3.05) is 18.1 Å². The van der Waals surface area contributed by atoms with Gasteiger partial charge in [-0.1, -0.05) is 13.8 Å². The number of aromatic nitrogens is 2. The van der Waals surface area contributed by atoms with Gasteiger partial charge in [0.2, 0.25) is 5.82 Å². The van der Waals surface area contributed by atoms with Gasteiger partial charge >= 0.3 is 5.69 Å². The second-order valence-corrected chi connectivity index (χ2v) is 5.62. The summed E-state index contributed by atoms with van der Waals surface area (Å²) in [6, 6.07) is -0.0575. The molecule has 7 heteroatoms. The molecular formula is C13H22N4O3. The number of aliphatic hydroxyl groups excluding tert-OH is 1. The third-order valence-electron chi connectivity index (χ3n) is 3.86. The van der Waals surface area contributed by atoms with Gasteiger partial charge in [-0.05, 0) is 19.3 Å². The molecule has 0 amide bonds. The summed E-state index contributed by atoms with van der Waals surface area (Å²) in [6.07, 6.45) is 2.89. The number of rotatable bonds is 4. The average molecular weight is 282 g/mol. The highest BCUT2D eigenvalue weighted by molar-refractivity contribution is 5.63. The minimum atomic E-state index is -0.347. The average Bonchev–Trinajstić information content (AvgIpc) is 2.76. The second-order valence-electron chi connectivity index (χ2n) is 5.62. The molecule has 2 heterocycles. The Morgan fingerprint density at radius 3 is 2.75 bits per heavy atom. The zero-order valence-corrected chi connectivity index (χ0v) is 12.2. The van der Waals surface area contributed by atoms with Gasteiger partial charge in [0.1, 0.15) is 5.69 Å². The molecule has 0 aliphatic carbocycles. The van der Waals surface area contributed by atoms with Crippen LogP contribution in [0.3, 0.4) is 0 Å². The Morgan fingerprint density at radius 1 is 1.50 bits per heavy atom. The first-order valence-corrected chi connectivity index (χ1v) is 7.06. The quantitative estimate of drug-likeness (QED) is 0.672. The first-order valence-electron chi connectivity index (χ1n) is 7.06. The van der Waals surface area contributed by atoms with Crippen LogP contribution in [0.5, 0.6) is 0 Å². The fourth-order valence-corrected chi connectivity index (χ4v) is 2.88. The summed E-state index contributed by atoms with van der Waals surface area (Å²) in [6.45, 7) is 4.54. The number of nitrogens with zero attached hydrogens (tertiary/aromatic N) is 4. The summed E-state index contributed by atoms with van der Waals surface area (Å²) in [5.74, 6) is 0.519. The molecule has 0 bridgehead atoms. The van der Waals surface area contributed by atoms with Crippen LogP contribution in [0.15, 0.2) is 0 Å². The van der Waals surface area contributed by atoms with E-state index in [1.54, 1.807) is 11.7 Å². The zero-order valence-electron chi connectivity index (χ0n) is 12.2. The van der Waals surface area contributed by atoms with E-state index in [2.05, 4.69) is 5.10 Å². The van der Waals surface area contributed by atoms with Crippen molar-refractivity contribution in [2.45, 2.75) is 45.1 Å². The lowest BCUT2D eigenvalue weighted by Gasteiger charge is -2.35. The van der Waals surface area contributed by atoms with Crippen molar-refractivity contribution >= 4 is 11.5 Å². The molecule has 1 atom stereocenters. The number of hydrogen-bond acceptors (Lipinski definition) is 5. The lowest BCUT2D eigenvalue weighted by atomic mass is 10.0. The Bertz CT molecular complexity index is 498. The van der Waals surface area contributed by atoms with E-state index in [1.165, 1.54) is 0 Å². The Hall–Kier alpha value is -1.63. The van der Waals surface area contributed by atoms with Gasteiger partial charge in [0.05, 0.1) is 17.6 Å². The number of anilines is 1. The summed E-state index contributed by atoms with van der Waals surface area (Å²) < 4.78 is 1.58. The standard InChI is InChI=1S/C13H22N4O3/c1-9(2)11-12(17(19)20)13(15(3)14-11)16-7-5-4-6-10(16)8-18/h9-10,18H,4-8H2,1-3H3. The molecule has 112 valence electrons. The van der Waals surface area contributed by atoms with E-state index < -0.39 is 0 Å². The second kappa shape index (κ2) is 5.78. The molecule has 0 radical (unpaired) electrons. The predicted molar refractivity (Wildman–Crippen MR) is 76.0 cm³/mol. The Balaban J connectivity index is 2.51. The van der Waals surface area contributed by atoms with Crippen LogP contribution >= 0.6 is 0 Å². The SMILES string of the molecule is CC(C)c1nn(C)c(N2CCCCC2CO)c1[N+](=O)[O-]. The number of aliphatic hydroxyl groups is 1. The summed E-state index contributed by atoms with van der Waals surface area (Å²) in [5, 5.41) is 25.3. The van der Waals surface area contributed by atoms with Crippen LogP contribution in [0.2, 0.25) is 0 Å². The third-order valence-corrected chi connectivity index (χ3v) is 3.86. The number of hydrogen-bond donors (Lipinski definition) is 1. The summed E-state index contributed by atoms with van der Waals surface area (Å²) in [7, 11) is 1.73. The predicted octanol–water partition coefficient (Wildman–Crippen LogP) is 1.80. The van der Waals surface area contributed by atoms with E-state index in [-0.39, 0.29) is 29.2 Å². The molecule has 1 saturated heterocycles. The van der Waals surface area contributed by atoms with Gasteiger partial charge in [0.25, 0.3) is 0 Å². The highest BCUT2D eigenvalue weighted by Crippen LogP contribution is 2.37. The maximum Gasteiger partial charge on any atom is 0.334 e. The van der Waals surface area contributed by atoms with Crippen molar-refractivity contribution < 1.29 is 10.0 Å². The van der Waals surface area contributed by atoms with E-state index in [0.717, 1.165) is 25.8 Å². The first kappa shape index (κ1) is 14.8. The minimum absolute atomic E-state index is 0.00674. The van der Waals surface area contributed by atoms with E-state index in [1.807, 2.05) is 18.7 Å². The van der Waals surface area contributed by atoms with Crippen LogP contribution in [-0.4, -0.2) is 39.0 Å². The van der Waals surface area contributed by atoms with Crippen molar-refractivity contribution in [3.63, 3.8) is 0 Å². The molecule has 20 heavy (non-hydrogen) atoms. The molecule has 7 nitrogen and oxygen atoms in total. The monoisotopic (exact) mass is 282 g/mol. The lowest BCUT2D eigenvalue weighted by Crippen LogP contribution is -2.43. The topological polar surface area (TPSA) is 84.4 Å². The number of aryl methyl sites for hydroxylation is 1. The van der Waals surface area contributed by atoms with Gasteiger partial charge in [-0.25, -0.2) is 4.68 Å². The summed E-state index contributed by atoms with van der Waals surface area (Å²) in [4.78, 5) is 13.1. The zero-order chi connectivity index (χ0) is 14.9. The van der Waals surface area contributed by atoms with E-state index in [0.29, 0.717) is 11.5 Å². The van der Waals surface area contributed by atoms with Crippen LogP contribution in [0.1, 0.15) is 44.7 Å². The Kier molecular flexibility index (Phi) is 4.27. The Morgan fingerprint density at radius 2 is 2.20 bits per heavy atom. The normalized spacial score (nSPS) is 19.6. The smallest absolute Gasteiger partial charge is 0.334 e. The van der Waals surface area contributed by atoms with Crippen molar-refractivity contribution in [2.24, 2.45) is 7.05 Å². The Labute approximate surface area is 118 Å². The summed E-state index contributed by atoms with van der Waals surface area (Å²) >= 11 is 0. The molecule has 1 N–H and O–H groups in total. The molecule has 1 aliphatic heterocycles. The molecule has 1 aromatic rings. The number of piperidine rings is 1. The van der Waals surface area contributed by atoms with Gasteiger partial charge in [0.15, 0.2) is 0 Å². The molecule has 2 rings (SSSR count). The molecule has 1 unspecified atom stereocenters. The van der Waals surface area contributed by atoms with E-state index >= 15 is 0 Å². The van der Waals surface area contributed by atoms with Gasteiger partial charge in [-0.2, -0.15) is 5.10 Å². The maximum absolute atomic E-state index is 11.5. The van der Waals surface area contributed by atoms with Crippen LogP contribution in [0.25, 0.3) is 0 Å². The van der Waals surface area contributed by atoms with Crippen LogP contribution in [0, 0.1) is 10.1 Å². The molecule has 1 fully saturated rings. The van der Waals surface area contributed by atoms with Gasteiger partial charge in [-0.15, -0.1) is 0 Å². The van der Waals surface area contributed by atoms with Crippen molar-refractivity contribution in [1.82, 2.24) is 9.78 Å². The van der Waals surface area contributed by atoms with Gasteiger partial charge < -0.3 is 10.0 Å². The molecule has 0 aromatic carbocycles. The molecule has 0 spiro atoms. The fraction of sp³-hybridized carbons (Fsp3) is 0.769. The van der Waals surface area contributed by atoms with Crippen LogP contribution in [0.4, 0.5) is 11.5 Å². The van der Waals surface area contributed by atoms with Gasteiger partial charge in [-0.3, -0.25) is 10.1 Å². The first-order chi connectivity index (χ1) is 9.47. The maximum atomic E-state index is 11.5. The van der Waals surface area contributed by atoms with Crippen molar-refractivity contribution in [1.29, 1.82) is 0 Å². The molecule has 1 aliphatic rings. The van der Waals surface area contributed by atoms with Gasteiger partial charge in [0, 0.05) is 19.5 Å². The lowest BCUT2D eigenvalue weighted by molar-refractivity contribution is -0.385. The van der Waals surface area contributed by atoms with E-state index in [9.17, 15) is 15.2 Å². The number of nitro groups is 1. The summed E-state index contributed by atoms with van der Waals surface area (Å²) in [5.41, 5.74) is 0.595. The third kappa shape index (κ3) is 2.49. The van der Waals surface area contributed by atoms with Crippen LogP contribution in [-0.2, 0) is 7.05 Å². The molecule has 1 aromatic heterocycles. The minimum Gasteiger partial charge on any atom is -0.394 e. The highest BCUT2D eigenvalue weighted by atomic mass is 16.6. The highest BCUT2D eigenvalue weighted by Gasteiger charge is 2.35. The molecular weight excluding hydrogens is 260 g/mol. The fourth-order valence-electron chi connectivity index (χ4n) is 2.88. The van der Waals surface area contributed by atoms with E-state index in [4.69, 9.17) is 0 Å². The van der Waals surface area contributed by atoms with Crippen LogP contribution < -0.4 is 4.90 Å². The molecule has 0 saturated carbocycles. The van der Waals surface area contributed by atoms with Crippen molar-refractivity contribution in [3.05, 3.63) is 15.8 Å².